The molecule has 0 spiro atoms. The molecule has 1 saturated carbocycles. The van der Waals surface area contributed by atoms with Crippen molar-refractivity contribution in [2.24, 2.45) is 5.92 Å². The van der Waals surface area contributed by atoms with Crippen LogP contribution in [0.4, 0.5) is 0 Å². The first-order valence-corrected chi connectivity index (χ1v) is 7.51. The molecule has 0 radical (unpaired) electrons. The average Bonchev–Trinajstić information content (AvgIpc) is 3.01. The predicted octanol–water partition coefficient (Wildman–Crippen LogP) is 5.34. The van der Waals surface area contributed by atoms with Gasteiger partial charge in [-0.05, 0) is 40.7 Å². The van der Waals surface area contributed by atoms with E-state index >= 15 is 0 Å². The summed E-state index contributed by atoms with van der Waals surface area (Å²) in [7, 11) is 0. The van der Waals surface area contributed by atoms with Gasteiger partial charge >= 0.3 is 0 Å². The Hall–Kier alpha value is -1.89. The third-order valence-electron chi connectivity index (χ3n) is 4.30. The van der Waals surface area contributed by atoms with Gasteiger partial charge in [0.2, 0.25) is 0 Å². The lowest BCUT2D eigenvalue weighted by Crippen LogP contribution is -1.95. The maximum atomic E-state index is 4.28. The number of allylic oxidation sites excluding steroid dienone is 1. The van der Waals surface area contributed by atoms with E-state index < -0.39 is 0 Å². The zero-order chi connectivity index (χ0) is 13.8. The normalized spacial score (nSPS) is 15.4. The quantitative estimate of drug-likeness (QED) is 0.725. The first-order chi connectivity index (χ1) is 9.83. The number of hydrogen-bond acceptors (Lipinski definition) is 1. The van der Waals surface area contributed by atoms with Crippen molar-refractivity contribution in [3.8, 4) is 11.1 Å². The topological polar surface area (TPSA) is 12.9 Å². The molecular formula is C19H21N. The third-order valence-corrected chi connectivity index (χ3v) is 4.30. The first-order valence-electron chi connectivity index (χ1n) is 7.51. The van der Waals surface area contributed by atoms with Crippen LogP contribution in [0, 0.1) is 5.92 Å². The van der Waals surface area contributed by atoms with E-state index in [1.54, 1.807) is 6.20 Å². The highest BCUT2D eigenvalue weighted by atomic mass is 14.6. The van der Waals surface area contributed by atoms with Crippen molar-refractivity contribution in [1.29, 1.82) is 0 Å². The van der Waals surface area contributed by atoms with Gasteiger partial charge in [-0.25, -0.2) is 0 Å². The lowest BCUT2D eigenvalue weighted by Gasteiger charge is -2.12. The second-order valence-electron chi connectivity index (χ2n) is 5.78. The van der Waals surface area contributed by atoms with Crippen molar-refractivity contribution in [1.82, 2.24) is 4.98 Å². The molecule has 102 valence electrons. The van der Waals surface area contributed by atoms with Gasteiger partial charge in [0, 0.05) is 12.4 Å². The molecule has 1 nitrogen and oxygen atoms in total. The maximum absolute atomic E-state index is 4.28. The summed E-state index contributed by atoms with van der Waals surface area (Å²) >= 11 is 0. The molecule has 1 aliphatic carbocycles. The molecule has 2 aromatic rings. The van der Waals surface area contributed by atoms with E-state index in [1.807, 2.05) is 12.3 Å². The minimum atomic E-state index is 0.862. The van der Waals surface area contributed by atoms with Crippen molar-refractivity contribution in [3.63, 3.8) is 0 Å². The molecule has 0 N–H and O–H groups in total. The number of hydrogen-bond donors (Lipinski definition) is 0. The van der Waals surface area contributed by atoms with Crippen LogP contribution in [0.25, 0.3) is 16.7 Å². The number of rotatable bonds is 4. The highest BCUT2D eigenvalue weighted by Gasteiger charge is 2.16. The van der Waals surface area contributed by atoms with Gasteiger partial charge in [0.1, 0.15) is 0 Å². The Balaban J connectivity index is 1.71. The molecule has 1 heteroatoms. The second kappa shape index (κ2) is 6.04. The Morgan fingerprint density at radius 3 is 2.45 bits per heavy atom. The van der Waals surface area contributed by atoms with Crippen LogP contribution in [0.2, 0.25) is 0 Å². The van der Waals surface area contributed by atoms with Crippen LogP contribution in [0.3, 0.4) is 0 Å². The van der Waals surface area contributed by atoms with Crippen molar-refractivity contribution in [3.05, 3.63) is 60.9 Å². The van der Waals surface area contributed by atoms with Gasteiger partial charge in [-0.2, -0.15) is 0 Å². The highest BCUT2D eigenvalue weighted by Crippen LogP contribution is 2.33. The average molecular weight is 263 g/mol. The van der Waals surface area contributed by atoms with Gasteiger partial charge in [0.25, 0.3) is 0 Å². The number of pyridine rings is 1. The standard InChI is InChI=1S/C19H21N/c1-15(13-16-5-2-3-6-16)17-8-10-18(11-9-17)19-7-4-12-20-14-19/h4,7-12,14,16H,1-3,5-6,13H2. The maximum Gasteiger partial charge on any atom is 0.0346 e. The molecule has 0 saturated heterocycles. The molecule has 0 bridgehead atoms. The molecule has 0 aliphatic heterocycles. The summed E-state index contributed by atoms with van der Waals surface area (Å²) < 4.78 is 0. The van der Waals surface area contributed by atoms with Crippen molar-refractivity contribution >= 4 is 5.57 Å². The number of benzene rings is 1. The molecular weight excluding hydrogens is 242 g/mol. The lowest BCUT2D eigenvalue weighted by atomic mass is 9.93. The summed E-state index contributed by atoms with van der Waals surface area (Å²) in [5.41, 5.74) is 4.95. The van der Waals surface area contributed by atoms with Gasteiger partial charge in [0.15, 0.2) is 0 Å². The minimum absolute atomic E-state index is 0.862. The predicted molar refractivity (Wildman–Crippen MR) is 85.3 cm³/mol. The van der Waals surface area contributed by atoms with Crippen LogP contribution in [0.5, 0.6) is 0 Å². The van der Waals surface area contributed by atoms with Gasteiger partial charge in [-0.1, -0.05) is 62.6 Å². The van der Waals surface area contributed by atoms with E-state index in [0.29, 0.717) is 0 Å². The third kappa shape index (κ3) is 2.98. The molecule has 20 heavy (non-hydrogen) atoms. The van der Waals surface area contributed by atoms with Gasteiger partial charge in [0.05, 0.1) is 0 Å². The van der Waals surface area contributed by atoms with Crippen LogP contribution in [0.1, 0.15) is 37.7 Å². The Labute approximate surface area is 121 Å². The molecule has 3 rings (SSSR count). The van der Waals surface area contributed by atoms with E-state index in [2.05, 4.69) is 41.9 Å². The van der Waals surface area contributed by atoms with Crippen LogP contribution in [-0.4, -0.2) is 4.98 Å². The minimum Gasteiger partial charge on any atom is -0.264 e. The van der Waals surface area contributed by atoms with Crippen LogP contribution < -0.4 is 0 Å². The smallest absolute Gasteiger partial charge is 0.0346 e. The Morgan fingerprint density at radius 1 is 1.05 bits per heavy atom. The Bertz CT molecular complexity index is 562. The zero-order valence-corrected chi connectivity index (χ0v) is 11.9. The Morgan fingerprint density at radius 2 is 1.80 bits per heavy atom. The van der Waals surface area contributed by atoms with Gasteiger partial charge < -0.3 is 0 Å². The van der Waals surface area contributed by atoms with E-state index in [0.717, 1.165) is 12.3 Å². The molecule has 1 heterocycles. The monoisotopic (exact) mass is 263 g/mol. The summed E-state index contributed by atoms with van der Waals surface area (Å²) in [6.07, 6.45) is 10.4. The van der Waals surface area contributed by atoms with Crippen molar-refractivity contribution < 1.29 is 0 Å². The fourth-order valence-corrected chi connectivity index (χ4v) is 3.11. The molecule has 0 amide bonds. The molecule has 1 aromatic carbocycles. The fraction of sp³-hybridized carbons (Fsp3) is 0.316. The SMILES string of the molecule is C=C(CC1CCCC1)c1ccc(-c2cccnc2)cc1. The fourth-order valence-electron chi connectivity index (χ4n) is 3.11. The molecule has 1 aromatic heterocycles. The molecule has 1 fully saturated rings. The molecule has 0 unspecified atom stereocenters. The zero-order valence-electron chi connectivity index (χ0n) is 11.9. The van der Waals surface area contributed by atoms with Crippen molar-refractivity contribution in [2.45, 2.75) is 32.1 Å². The van der Waals surface area contributed by atoms with E-state index in [4.69, 9.17) is 0 Å². The Kier molecular flexibility index (Phi) is 3.96. The van der Waals surface area contributed by atoms with Crippen LogP contribution in [-0.2, 0) is 0 Å². The van der Waals surface area contributed by atoms with Crippen molar-refractivity contribution in [2.75, 3.05) is 0 Å². The number of nitrogens with zero attached hydrogens (tertiary/aromatic N) is 1. The number of aromatic nitrogens is 1. The summed E-state index contributed by atoms with van der Waals surface area (Å²) in [6, 6.07) is 12.8. The lowest BCUT2D eigenvalue weighted by molar-refractivity contribution is 0.566. The largest absolute Gasteiger partial charge is 0.264 e. The van der Waals surface area contributed by atoms with Gasteiger partial charge in [-0.15, -0.1) is 0 Å². The highest BCUT2D eigenvalue weighted by molar-refractivity contribution is 5.69. The summed E-state index contributed by atoms with van der Waals surface area (Å²) in [6.45, 7) is 4.28. The summed E-state index contributed by atoms with van der Waals surface area (Å²) in [5, 5.41) is 0. The first kappa shape index (κ1) is 13.1. The molecule has 0 atom stereocenters. The van der Waals surface area contributed by atoms with E-state index in [1.165, 1.54) is 47.9 Å². The molecule has 1 aliphatic rings. The second-order valence-corrected chi connectivity index (χ2v) is 5.78. The van der Waals surface area contributed by atoms with Gasteiger partial charge in [-0.3, -0.25) is 4.98 Å². The van der Waals surface area contributed by atoms with E-state index in [9.17, 15) is 0 Å². The summed E-state index contributed by atoms with van der Waals surface area (Å²) in [5.74, 6) is 0.862. The van der Waals surface area contributed by atoms with Crippen LogP contribution >= 0.6 is 0 Å². The summed E-state index contributed by atoms with van der Waals surface area (Å²) in [4.78, 5) is 4.17. The van der Waals surface area contributed by atoms with Crippen LogP contribution in [0.15, 0.2) is 55.4 Å². The van der Waals surface area contributed by atoms with E-state index in [-0.39, 0.29) is 0 Å².